The highest BCUT2D eigenvalue weighted by atomic mass is 14.9. The Balaban J connectivity index is 2.41. The first-order valence-corrected chi connectivity index (χ1v) is 7.03. The van der Waals surface area contributed by atoms with Crippen LogP contribution in [0.2, 0.25) is 0 Å². The molecular weight excluding hydrogens is 246 g/mol. The number of nitrogens with one attached hydrogen (secondary N) is 1. The van der Waals surface area contributed by atoms with Gasteiger partial charge in [0, 0.05) is 28.9 Å². The number of rotatable bonds is 4. The first kappa shape index (κ1) is 14.7. The lowest BCUT2D eigenvalue weighted by molar-refractivity contribution is 0.575. The van der Waals surface area contributed by atoms with Crippen molar-refractivity contribution in [1.29, 1.82) is 0 Å². The van der Waals surface area contributed by atoms with Gasteiger partial charge in [-0.1, -0.05) is 30.3 Å². The highest BCUT2D eigenvalue weighted by Crippen LogP contribution is 2.29. The maximum atomic E-state index is 4.74. The van der Waals surface area contributed by atoms with Crippen LogP contribution in [0.5, 0.6) is 0 Å². The molecule has 0 aliphatic rings. The summed E-state index contributed by atoms with van der Waals surface area (Å²) in [6.07, 6.45) is 1.95. The Morgan fingerprint density at radius 2 is 1.80 bits per heavy atom. The molecule has 1 unspecified atom stereocenters. The summed E-state index contributed by atoms with van der Waals surface area (Å²) in [6, 6.07) is 10.7. The Hall–Kier alpha value is -1.74. The van der Waals surface area contributed by atoms with Gasteiger partial charge in [0.05, 0.1) is 0 Å². The average molecular weight is 269 g/mol. The summed E-state index contributed by atoms with van der Waals surface area (Å²) < 4.78 is 0. The Labute approximate surface area is 121 Å². The van der Waals surface area contributed by atoms with Crippen molar-refractivity contribution >= 4 is 0 Å². The van der Waals surface area contributed by atoms with E-state index in [1.165, 1.54) is 5.56 Å². The molecule has 0 radical (unpaired) electrons. The molecule has 0 saturated carbocycles. The van der Waals surface area contributed by atoms with Gasteiger partial charge in [-0.15, -0.1) is 0 Å². The van der Waals surface area contributed by atoms with E-state index >= 15 is 0 Å². The number of hydrogen-bond acceptors (Lipinski definition) is 3. The van der Waals surface area contributed by atoms with E-state index in [9.17, 15) is 0 Å². The zero-order valence-electron chi connectivity index (χ0n) is 12.9. The molecule has 0 saturated heterocycles. The van der Waals surface area contributed by atoms with Gasteiger partial charge < -0.3 is 5.32 Å². The molecule has 0 fully saturated rings. The fourth-order valence-electron chi connectivity index (χ4n) is 2.34. The largest absolute Gasteiger partial charge is 0.313 e. The molecule has 106 valence electrons. The van der Waals surface area contributed by atoms with E-state index in [2.05, 4.69) is 62.3 Å². The first-order valence-electron chi connectivity index (χ1n) is 7.03. The molecule has 2 rings (SSSR count). The summed E-state index contributed by atoms with van der Waals surface area (Å²) in [5.41, 5.74) is 3.24. The SMILES string of the molecule is CNC(C)c1cnc(C(C)(C)c2ccccc2)nc1C. The number of nitrogens with zero attached hydrogens (tertiary/aromatic N) is 2. The molecule has 0 amide bonds. The van der Waals surface area contributed by atoms with Crippen molar-refractivity contribution in [2.24, 2.45) is 0 Å². The van der Waals surface area contributed by atoms with E-state index in [0.717, 1.165) is 17.1 Å². The van der Waals surface area contributed by atoms with Crippen LogP contribution in [0.25, 0.3) is 0 Å². The maximum Gasteiger partial charge on any atom is 0.138 e. The van der Waals surface area contributed by atoms with Gasteiger partial charge in [-0.3, -0.25) is 0 Å². The number of aryl methyl sites for hydroxylation is 1. The van der Waals surface area contributed by atoms with Crippen LogP contribution in [0, 0.1) is 6.92 Å². The molecule has 1 aromatic carbocycles. The quantitative estimate of drug-likeness (QED) is 0.924. The van der Waals surface area contributed by atoms with Gasteiger partial charge >= 0.3 is 0 Å². The second kappa shape index (κ2) is 5.71. The summed E-state index contributed by atoms with van der Waals surface area (Å²) in [5, 5.41) is 3.23. The Bertz CT molecular complexity index is 576. The molecule has 1 aromatic heterocycles. The monoisotopic (exact) mass is 269 g/mol. The zero-order valence-corrected chi connectivity index (χ0v) is 12.9. The lowest BCUT2D eigenvalue weighted by Gasteiger charge is -2.25. The molecule has 3 heteroatoms. The Morgan fingerprint density at radius 3 is 2.35 bits per heavy atom. The summed E-state index contributed by atoms with van der Waals surface area (Å²) in [7, 11) is 1.95. The molecule has 1 atom stereocenters. The molecule has 20 heavy (non-hydrogen) atoms. The van der Waals surface area contributed by atoms with E-state index < -0.39 is 0 Å². The fraction of sp³-hybridized carbons (Fsp3) is 0.412. The maximum absolute atomic E-state index is 4.74. The van der Waals surface area contributed by atoms with Gasteiger partial charge in [0.15, 0.2) is 0 Å². The minimum atomic E-state index is -0.187. The molecule has 0 bridgehead atoms. The first-order chi connectivity index (χ1) is 9.46. The van der Waals surface area contributed by atoms with E-state index in [1.807, 2.05) is 19.3 Å². The van der Waals surface area contributed by atoms with Crippen LogP contribution in [-0.4, -0.2) is 17.0 Å². The van der Waals surface area contributed by atoms with Crippen molar-refractivity contribution in [3.05, 3.63) is 59.2 Å². The van der Waals surface area contributed by atoms with Gasteiger partial charge in [0.2, 0.25) is 0 Å². The Morgan fingerprint density at radius 1 is 1.15 bits per heavy atom. The lowest BCUT2D eigenvalue weighted by Crippen LogP contribution is -2.24. The predicted octanol–water partition coefficient (Wildman–Crippen LogP) is 3.39. The summed E-state index contributed by atoms with van der Waals surface area (Å²) in [5.74, 6) is 0.869. The molecule has 1 N–H and O–H groups in total. The minimum Gasteiger partial charge on any atom is -0.313 e. The van der Waals surface area contributed by atoms with E-state index in [-0.39, 0.29) is 11.5 Å². The fourth-order valence-corrected chi connectivity index (χ4v) is 2.34. The summed E-state index contributed by atoms with van der Waals surface area (Å²) in [4.78, 5) is 9.34. The van der Waals surface area contributed by atoms with Gasteiger partial charge in [0.1, 0.15) is 5.82 Å². The summed E-state index contributed by atoms with van der Waals surface area (Å²) in [6.45, 7) is 8.50. The molecule has 0 aliphatic heterocycles. The van der Waals surface area contributed by atoms with Crippen LogP contribution in [0.4, 0.5) is 0 Å². The topological polar surface area (TPSA) is 37.8 Å². The average Bonchev–Trinajstić information content (AvgIpc) is 2.47. The van der Waals surface area contributed by atoms with Crippen molar-refractivity contribution in [1.82, 2.24) is 15.3 Å². The smallest absolute Gasteiger partial charge is 0.138 e. The third kappa shape index (κ3) is 2.73. The van der Waals surface area contributed by atoms with Crippen LogP contribution in [0.1, 0.15) is 49.5 Å². The zero-order chi connectivity index (χ0) is 14.8. The van der Waals surface area contributed by atoms with Crippen LogP contribution < -0.4 is 5.32 Å². The molecule has 2 aromatic rings. The Kier molecular flexibility index (Phi) is 4.19. The van der Waals surface area contributed by atoms with Crippen LogP contribution >= 0.6 is 0 Å². The van der Waals surface area contributed by atoms with Crippen LogP contribution in [0.15, 0.2) is 36.5 Å². The normalized spacial score (nSPS) is 13.2. The number of hydrogen-bond donors (Lipinski definition) is 1. The second-order valence-corrected chi connectivity index (χ2v) is 5.74. The standard InChI is InChI=1S/C17H23N3/c1-12(18-5)15-11-19-16(20-13(15)2)17(3,4)14-9-7-6-8-10-14/h6-12,18H,1-5H3. The summed E-state index contributed by atoms with van der Waals surface area (Å²) >= 11 is 0. The van der Waals surface area contributed by atoms with Gasteiger partial charge in [0.25, 0.3) is 0 Å². The molecule has 1 heterocycles. The van der Waals surface area contributed by atoms with Crippen LogP contribution in [0.3, 0.4) is 0 Å². The van der Waals surface area contributed by atoms with Gasteiger partial charge in [-0.2, -0.15) is 0 Å². The van der Waals surface area contributed by atoms with Crippen molar-refractivity contribution in [2.75, 3.05) is 7.05 Å². The van der Waals surface area contributed by atoms with Gasteiger partial charge in [-0.25, -0.2) is 9.97 Å². The molecule has 0 aliphatic carbocycles. The van der Waals surface area contributed by atoms with Crippen molar-refractivity contribution in [3.8, 4) is 0 Å². The third-order valence-corrected chi connectivity index (χ3v) is 3.97. The molecular formula is C17H23N3. The van der Waals surface area contributed by atoms with Crippen molar-refractivity contribution < 1.29 is 0 Å². The van der Waals surface area contributed by atoms with Gasteiger partial charge in [-0.05, 0) is 40.3 Å². The van der Waals surface area contributed by atoms with Crippen LogP contribution in [-0.2, 0) is 5.41 Å². The van der Waals surface area contributed by atoms with E-state index in [0.29, 0.717) is 0 Å². The lowest BCUT2D eigenvalue weighted by atomic mass is 9.83. The minimum absolute atomic E-state index is 0.187. The highest BCUT2D eigenvalue weighted by molar-refractivity contribution is 5.32. The second-order valence-electron chi connectivity index (χ2n) is 5.74. The third-order valence-electron chi connectivity index (χ3n) is 3.97. The van der Waals surface area contributed by atoms with Crippen molar-refractivity contribution in [3.63, 3.8) is 0 Å². The van der Waals surface area contributed by atoms with E-state index in [4.69, 9.17) is 4.98 Å². The number of aromatic nitrogens is 2. The number of benzene rings is 1. The highest BCUT2D eigenvalue weighted by Gasteiger charge is 2.26. The van der Waals surface area contributed by atoms with Crippen molar-refractivity contribution in [2.45, 2.75) is 39.2 Å². The predicted molar refractivity (Wildman–Crippen MR) is 82.8 cm³/mol. The van der Waals surface area contributed by atoms with E-state index in [1.54, 1.807) is 0 Å². The molecule has 0 spiro atoms. The molecule has 3 nitrogen and oxygen atoms in total.